The average molecular weight is 823 g/mol. The van der Waals surface area contributed by atoms with E-state index >= 15 is 0 Å². The molecule has 3 amide bonds. The van der Waals surface area contributed by atoms with E-state index < -0.39 is 36.1 Å². The van der Waals surface area contributed by atoms with Crippen molar-refractivity contribution in [2.75, 3.05) is 18.0 Å². The van der Waals surface area contributed by atoms with E-state index in [4.69, 9.17) is 4.42 Å². The summed E-state index contributed by atoms with van der Waals surface area (Å²) in [7, 11) is 0. The van der Waals surface area contributed by atoms with Crippen LogP contribution >= 0.6 is 0 Å². The fraction of sp³-hybridized carbons (Fsp3) is 0.479. The summed E-state index contributed by atoms with van der Waals surface area (Å²) in [6.45, 7) is 16.7. The number of fused-ring (bicyclic) bond motifs is 2. The van der Waals surface area contributed by atoms with Crippen LogP contribution < -0.4 is 20.9 Å². The van der Waals surface area contributed by atoms with Gasteiger partial charge in [0.2, 0.25) is 11.6 Å². The highest BCUT2D eigenvalue weighted by Crippen LogP contribution is 2.50. The second-order valence-electron chi connectivity index (χ2n) is 17.1. The third-order valence-corrected chi connectivity index (χ3v) is 11.9. The van der Waals surface area contributed by atoms with Crippen LogP contribution in [0.4, 0.5) is 16.2 Å². The van der Waals surface area contributed by atoms with Crippen LogP contribution in [0.2, 0.25) is 0 Å². The van der Waals surface area contributed by atoms with E-state index in [1.165, 1.54) is 28.8 Å². The molecule has 12 nitrogen and oxygen atoms in total. The Morgan fingerprint density at radius 1 is 0.833 bits per heavy atom. The fourth-order valence-electron chi connectivity index (χ4n) is 8.51. The Kier molecular flexibility index (Phi) is 15.2. The zero-order chi connectivity index (χ0) is 43.6. The molecule has 0 saturated heterocycles. The lowest BCUT2D eigenvalue weighted by Crippen LogP contribution is -2.51. The summed E-state index contributed by atoms with van der Waals surface area (Å²) in [4.78, 5) is 53.0. The molecule has 0 bridgehead atoms. The highest BCUT2D eigenvalue weighted by Gasteiger charge is 2.46. The van der Waals surface area contributed by atoms with Crippen LogP contribution in [0.3, 0.4) is 0 Å². The Balaban J connectivity index is 1.31. The number of hydrogen-bond acceptors (Lipinski definition) is 6. The highest BCUT2D eigenvalue weighted by atomic mass is 16.4. The molecule has 0 fully saturated rings. The van der Waals surface area contributed by atoms with Gasteiger partial charge in [0.05, 0.1) is 11.7 Å². The summed E-state index contributed by atoms with van der Waals surface area (Å²) < 4.78 is 7.66. The topological polar surface area (TPSA) is 164 Å². The number of carboxylic acid groups (broad SMARTS) is 2. The number of aliphatic carboxylic acids is 2. The Hall–Kier alpha value is -5.65. The van der Waals surface area contributed by atoms with Gasteiger partial charge in [-0.1, -0.05) is 88.9 Å². The van der Waals surface area contributed by atoms with Crippen molar-refractivity contribution in [2.45, 2.75) is 135 Å². The number of nitrogens with zero attached hydrogens (tertiary/aromatic N) is 2. The monoisotopic (exact) mass is 822 g/mol. The molecule has 5 rings (SSSR count). The maximum absolute atomic E-state index is 14.3. The summed E-state index contributed by atoms with van der Waals surface area (Å²) in [5.41, 5.74) is 7.68. The minimum absolute atomic E-state index is 0.0917. The van der Waals surface area contributed by atoms with Crippen LogP contribution in [0.25, 0.3) is 0 Å². The molecule has 1 aromatic heterocycles. The number of carboxylic acids is 2. The lowest BCUT2D eigenvalue weighted by Gasteiger charge is -2.33. The molecule has 0 aliphatic carbocycles. The van der Waals surface area contributed by atoms with E-state index in [1.54, 1.807) is 12.1 Å². The van der Waals surface area contributed by atoms with Crippen LogP contribution in [0, 0.1) is 6.92 Å². The molecule has 0 saturated carbocycles. The molecule has 12 heteroatoms. The molecular formula is C48H64N5O7+. The molecule has 3 unspecified atom stereocenters. The van der Waals surface area contributed by atoms with Crippen LogP contribution in [0.15, 0.2) is 89.2 Å². The molecule has 3 heterocycles. The van der Waals surface area contributed by atoms with E-state index in [0.29, 0.717) is 31.6 Å². The van der Waals surface area contributed by atoms with E-state index in [0.717, 1.165) is 49.2 Å². The third kappa shape index (κ3) is 10.4. The summed E-state index contributed by atoms with van der Waals surface area (Å²) in [6, 6.07) is 14.4. The van der Waals surface area contributed by atoms with Crippen molar-refractivity contribution in [3.05, 3.63) is 107 Å². The Morgan fingerprint density at radius 3 is 2.23 bits per heavy atom. The molecule has 2 aliphatic rings. The largest absolute Gasteiger partial charge is 0.480 e. The van der Waals surface area contributed by atoms with E-state index in [9.17, 15) is 29.4 Å². The van der Waals surface area contributed by atoms with Crippen molar-refractivity contribution in [2.24, 2.45) is 0 Å². The fourth-order valence-corrected chi connectivity index (χ4v) is 8.51. The van der Waals surface area contributed by atoms with Gasteiger partial charge in [-0.05, 0) is 76.3 Å². The number of unbranched alkanes of at least 4 members (excludes halogenated alkanes) is 3. The minimum Gasteiger partial charge on any atom is -0.480 e. The highest BCUT2D eigenvalue weighted by molar-refractivity contribution is 6.03. The van der Waals surface area contributed by atoms with Crippen molar-refractivity contribution >= 4 is 41.0 Å². The van der Waals surface area contributed by atoms with Gasteiger partial charge in [-0.3, -0.25) is 4.79 Å². The first kappa shape index (κ1) is 45.4. The standard InChI is InChI=1S/C48H63N5O7/c1-8-10-21-40(43(54)49-27-15-14-20-36(44(55)56)50-46(59)51-37(45(57)58)31-33-18-17-29-60-33)53-39-26-25-32(3)30-35(39)48(6,7)42(53)24-16-23-41-47(4,5)34-19-12-13-22-38(34)52(41)28-11-9-2/h12-13,16-19,22-26,29-30,36-37,40H,8-11,14-15,20-21,27-28,31H2,1-7H3,(H4-,49,50,51,54,55,56,57,58,59)/p+1. The lowest BCUT2D eigenvalue weighted by atomic mass is 9.81. The lowest BCUT2D eigenvalue weighted by molar-refractivity contribution is -0.438. The molecule has 322 valence electrons. The third-order valence-electron chi connectivity index (χ3n) is 11.9. The molecule has 2 aliphatic heterocycles. The number of carbonyl (C=O) groups is 4. The van der Waals surface area contributed by atoms with Crippen LogP contribution in [0.5, 0.6) is 0 Å². The van der Waals surface area contributed by atoms with Crippen LogP contribution in [-0.4, -0.2) is 75.6 Å². The molecule has 60 heavy (non-hydrogen) atoms. The molecule has 0 spiro atoms. The van der Waals surface area contributed by atoms with Gasteiger partial charge in [-0.25, -0.2) is 14.4 Å². The molecular weight excluding hydrogens is 759 g/mol. The van der Waals surface area contributed by atoms with Crippen molar-refractivity contribution in [1.29, 1.82) is 0 Å². The van der Waals surface area contributed by atoms with Crippen molar-refractivity contribution in [3.8, 4) is 0 Å². The van der Waals surface area contributed by atoms with Crippen LogP contribution in [0.1, 0.15) is 115 Å². The SMILES string of the molecule is CCCCC(C(=O)NCCCCC(NC(=O)NC(Cc1ccco1)C(=O)O)C(=O)O)N1C(=CC=CC2=[N+](CCCC)c3ccccc3C2(C)C)C(C)(C)c2cc(C)ccc21. The summed E-state index contributed by atoms with van der Waals surface area (Å²) in [6.07, 6.45) is 13.5. The summed E-state index contributed by atoms with van der Waals surface area (Å²) >= 11 is 0. The number of para-hydroxylation sites is 1. The van der Waals surface area contributed by atoms with Gasteiger partial charge in [-0.2, -0.15) is 4.58 Å². The summed E-state index contributed by atoms with van der Waals surface area (Å²) in [5.74, 6) is -2.24. The predicted octanol–water partition coefficient (Wildman–Crippen LogP) is 8.30. The molecule has 0 radical (unpaired) electrons. The molecule has 3 atom stereocenters. The number of rotatable bonds is 21. The predicted molar refractivity (Wildman–Crippen MR) is 235 cm³/mol. The molecule has 3 aromatic rings. The first-order chi connectivity index (χ1) is 28.6. The number of allylic oxidation sites excluding steroid dienone is 4. The number of furan rings is 1. The molecule has 5 N–H and O–H groups in total. The summed E-state index contributed by atoms with van der Waals surface area (Å²) in [5, 5.41) is 27.3. The van der Waals surface area contributed by atoms with Crippen molar-refractivity contribution in [3.63, 3.8) is 0 Å². The van der Waals surface area contributed by atoms with Gasteiger partial charge < -0.3 is 35.5 Å². The van der Waals surface area contributed by atoms with Gasteiger partial charge in [-0.15, -0.1) is 0 Å². The first-order valence-electron chi connectivity index (χ1n) is 21.5. The number of benzene rings is 2. The van der Waals surface area contributed by atoms with Gasteiger partial charge in [0.1, 0.15) is 30.4 Å². The Labute approximate surface area is 354 Å². The maximum Gasteiger partial charge on any atom is 0.326 e. The number of aryl methyl sites for hydroxylation is 1. The average Bonchev–Trinajstić information content (AvgIpc) is 3.85. The van der Waals surface area contributed by atoms with Crippen LogP contribution in [-0.2, 0) is 31.6 Å². The van der Waals surface area contributed by atoms with Gasteiger partial charge in [0.15, 0.2) is 5.71 Å². The zero-order valence-corrected chi connectivity index (χ0v) is 36.3. The number of hydrogen-bond donors (Lipinski definition) is 5. The van der Waals surface area contributed by atoms with Crippen molar-refractivity contribution in [1.82, 2.24) is 16.0 Å². The Bertz CT molecular complexity index is 2100. The van der Waals surface area contributed by atoms with E-state index in [1.807, 2.05) is 0 Å². The number of anilines is 1. The number of urea groups is 1. The second kappa shape index (κ2) is 20.1. The van der Waals surface area contributed by atoms with Crippen molar-refractivity contribution < 1.29 is 38.4 Å². The smallest absolute Gasteiger partial charge is 0.326 e. The number of nitrogens with one attached hydrogen (secondary N) is 3. The quantitative estimate of drug-likeness (QED) is 0.0529. The molecule has 2 aromatic carbocycles. The first-order valence-corrected chi connectivity index (χ1v) is 21.5. The second-order valence-corrected chi connectivity index (χ2v) is 17.1. The zero-order valence-electron chi connectivity index (χ0n) is 36.3. The number of carbonyl (C=O) groups excluding carboxylic acids is 2. The van der Waals surface area contributed by atoms with Gasteiger partial charge >= 0.3 is 18.0 Å². The van der Waals surface area contributed by atoms with E-state index in [-0.39, 0.29) is 29.6 Å². The number of amides is 3. The van der Waals surface area contributed by atoms with Gasteiger partial charge in [0.25, 0.3) is 0 Å². The van der Waals surface area contributed by atoms with Gasteiger partial charge in [0, 0.05) is 53.9 Å². The minimum atomic E-state index is -1.30. The Morgan fingerprint density at radius 2 is 1.55 bits per heavy atom. The van der Waals surface area contributed by atoms with E-state index in [2.05, 4.69) is 135 Å². The normalized spacial score (nSPS) is 17.3. The maximum atomic E-state index is 14.3.